The number of aromatic nitrogens is 1. The number of carbonyl (C=O) groups excluding carboxylic acids is 2. The van der Waals surface area contributed by atoms with Crippen LogP contribution in [0.1, 0.15) is 44.7 Å². The largest absolute Gasteiger partial charge is 0.444 e. The molecule has 0 bridgehead atoms. The molecule has 0 radical (unpaired) electrons. The van der Waals surface area contributed by atoms with Gasteiger partial charge >= 0.3 is 12.3 Å². The smallest absolute Gasteiger partial charge is 0.416 e. The Morgan fingerprint density at radius 1 is 1.13 bits per heavy atom. The molecular formula is C25H33F3N6O4. The highest BCUT2D eigenvalue weighted by Crippen LogP contribution is 2.29. The van der Waals surface area contributed by atoms with Crippen LogP contribution in [0.2, 0.25) is 0 Å². The summed E-state index contributed by atoms with van der Waals surface area (Å²) in [5.41, 5.74) is 4.36. The van der Waals surface area contributed by atoms with E-state index in [0.717, 1.165) is 12.1 Å². The van der Waals surface area contributed by atoms with E-state index in [1.807, 2.05) is 0 Å². The lowest BCUT2D eigenvalue weighted by atomic mass is 10.1. The van der Waals surface area contributed by atoms with Crippen molar-refractivity contribution in [2.24, 2.45) is 11.6 Å². The molecule has 6 N–H and O–H groups in total. The number of ether oxygens (including phenoxy) is 1. The van der Waals surface area contributed by atoms with Crippen molar-refractivity contribution >= 4 is 17.7 Å². The number of nitrogens with two attached hydrogens (primary N) is 2. The van der Waals surface area contributed by atoms with Crippen LogP contribution in [0.5, 0.6) is 0 Å². The molecule has 2 amide bonds. The number of halogens is 3. The normalized spacial score (nSPS) is 12.1. The number of carbonyl (C=O) groups is 2. The highest BCUT2D eigenvalue weighted by Gasteiger charge is 2.30. The molecule has 0 aliphatic carbocycles. The van der Waals surface area contributed by atoms with Gasteiger partial charge in [0.15, 0.2) is 0 Å². The van der Waals surface area contributed by atoms with Crippen molar-refractivity contribution in [3.8, 4) is 0 Å². The zero-order valence-electron chi connectivity index (χ0n) is 21.5. The van der Waals surface area contributed by atoms with E-state index in [0.29, 0.717) is 31.6 Å². The predicted octanol–water partition coefficient (Wildman–Crippen LogP) is 3.29. The number of hydrogen-bond acceptors (Lipinski definition) is 7. The van der Waals surface area contributed by atoms with E-state index in [2.05, 4.69) is 10.6 Å². The van der Waals surface area contributed by atoms with Crippen LogP contribution in [-0.4, -0.2) is 33.7 Å². The van der Waals surface area contributed by atoms with E-state index in [1.165, 1.54) is 34.0 Å². The van der Waals surface area contributed by atoms with Gasteiger partial charge in [-0.1, -0.05) is 12.1 Å². The van der Waals surface area contributed by atoms with Crippen molar-refractivity contribution in [2.45, 2.75) is 58.5 Å². The summed E-state index contributed by atoms with van der Waals surface area (Å²) in [6.45, 7) is 5.79. The van der Waals surface area contributed by atoms with Gasteiger partial charge in [-0.3, -0.25) is 14.9 Å². The number of benzene rings is 1. The summed E-state index contributed by atoms with van der Waals surface area (Å²) < 4.78 is 45.1. The molecule has 1 aromatic heterocycles. The number of unbranched alkanes of at least 4 members (excludes halogenated alkanes) is 1. The third kappa shape index (κ3) is 10.5. The number of anilines is 1. The fourth-order valence-corrected chi connectivity index (χ4v) is 3.21. The number of aryl methyl sites for hydroxylation is 1. The molecule has 0 aliphatic rings. The molecule has 10 nitrogen and oxygen atoms in total. The maximum atomic E-state index is 12.8. The van der Waals surface area contributed by atoms with E-state index in [-0.39, 0.29) is 23.4 Å². The van der Waals surface area contributed by atoms with Crippen LogP contribution in [-0.2, 0) is 28.8 Å². The minimum atomic E-state index is -4.48. The molecule has 1 heterocycles. The monoisotopic (exact) mass is 538 g/mol. The molecule has 0 atom stereocenters. The van der Waals surface area contributed by atoms with Gasteiger partial charge in [0.2, 0.25) is 0 Å². The van der Waals surface area contributed by atoms with Crippen LogP contribution in [0.3, 0.4) is 0 Å². The molecule has 0 saturated carbocycles. The summed E-state index contributed by atoms with van der Waals surface area (Å²) >= 11 is 0. The van der Waals surface area contributed by atoms with Crippen molar-refractivity contribution in [2.75, 3.05) is 11.9 Å². The summed E-state index contributed by atoms with van der Waals surface area (Å²) in [6.07, 6.45) is -1.20. The number of pyridine rings is 1. The summed E-state index contributed by atoms with van der Waals surface area (Å²) in [6, 6.07) is 7.49. The first-order chi connectivity index (χ1) is 17.6. The predicted molar refractivity (Wildman–Crippen MR) is 136 cm³/mol. The molecule has 0 aliphatic heterocycles. The summed E-state index contributed by atoms with van der Waals surface area (Å²) in [7, 11) is 0. The zero-order chi connectivity index (χ0) is 28.5. The fourth-order valence-electron chi connectivity index (χ4n) is 3.21. The Morgan fingerprint density at radius 2 is 1.84 bits per heavy atom. The summed E-state index contributed by atoms with van der Waals surface area (Å²) in [5, 5.41) is 6.18. The lowest BCUT2D eigenvalue weighted by Gasteiger charge is -2.19. The van der Waals surface area contributed by atoms with Crippen LogP contribution in [0.15, 0.2) is 59.3 Å². The highest BCUT2D eigenvalue weighted by molar-refractivity contribution is 5.92. The molecule has 38 heavy (non-hydrogen) atoms. The summed E-state index contributed by atoms with van der Waals surface area (Å²) in [4.78, 5) is 36.3. The Hall–Kier alpha value is -4.00. The second-order valence-electron chi connectivity index (χ2n) is 9.48. The van der Waals surface area contributed by atoms with Gasteiger partial charge in [0.05, 0.1) is 11.3 Å². The van der Waals surface area contributed by atoms with Gasteiger partial charge in [0.25, 0.3) is 11.5 Å². The van der Waals surface area contributed by atoms with Crippen molar-refractivity contribution in [1.82, 2.24) is 14.9 Å². The second-order valence-corrected chi connectivity index (χ2v) is 9.48. The van der Waals surface area contributed by atoms with Gasteiger partial charge < -0.3 is 25.4 Å². The third-order valence-electron chi connectivity index (χ3n) is 4.98. The van der Waals surface area contributed by atoms with Gasteiger partial charge in [-0.05, 0) is 57.4 Å². The van der Waals surface area contributed by atoms with Gasteiger partial charge in [-0.25, -0.2) is 10.6 Å². The molecule has 2 rings (SSSR count). The number of alkyl halides is 3. The second kappa shape index (κ2) is 13.0. The summed E-state index contributed by atoms with van der Waals surface area (Å²) in [5.74, 6) is 5.18. The third-order valence-corrected chi connectivity index (χ3v) is 4.98. The lowest BCUT2D eigenvalue weighted by molar-refractivity contribution is -0.137. The Kier molecular flexibility index (Phi) is 10.3. The SMILES string of the molecule is CC(C)(C)OC(=O)Nc1ccn(CCCCN(N)/C=C(\N)C(=O)NCc2cccc(C(F)(F)F)c2)c(=O)c1. The molecule has 2 aromatic rings. The number of rotatable bonds is 10. The van der Waals surface area contributed by atoms with Crippen LogP contribution in [0.25, 0.3) is 0 Å². The molecule has 0 unspecified atom stereocenters. The first-order valence-corrected chi connectivity index (χ1v) is 11.8. The molecule has 0 saturated heterocycles. The van der Waals surface area contributed by atoms with Crippen LogP contribution in [0.4, 0.5) is 23.7 Å². The molecule has 208 valence electrons. The molecule has 0 spiro atoms. The average molecular weight is 539 g/mol. The Morgan fingerprint density at radius 3 is 2.47 bits per heavy atom. The number of amides is 2. The van der Waals surface area contributed by atoms with E-state index < -0.39 is 29.3 Å². The van der Waals surface area contributed by atoms with Gasteiger partial charge in [0, 0.05) is 38.1 Å². The zero-order valence-corrected chi connectivity index (χ0v) is 21.5. The number of nitrogens with zero attached hydrogens (tertiary/aromatic N) is 2. The first-order valence-electron chi connectivity index (χ1n) is 11.8. The maximum Gasteiger partial charge on any atom is 0.416 e. The Bertz CT molecular complexity index is 1200. The van der Waals surface area contributed by atoms with Crippen molar-refractivity contribution in [1.29, 1.82) is 0 Å². The quantitative estimate of drug-likeness (QED) is 0.157. The Balaban J connectivity index is 1.77. The minimum Gasteiger partial charge on any atom is -0.444 e. The molecule has 13 heteroatoms. The van der Waals surface area contributed by atoms with E-state index in [4.69, 9.17) is 16.3 Å². The van der Waals surface area contributed by atoms with Crippen LogP contribution in [0, 0.1) is 0 Å². The van der Waals surface area contributed by atoms with Crippen LogP contribution < -0.4 is 27.8 Å². The fraction of sp³-hybridized carbons (Fsp3) is 0.400. The van der Waals surface area contributed by atoms with Gasteiger partial charge in [-0.2, -0.15) is 13.2 Å². The maximum absolute atomic E-state index is 12.8. The first kappa shape index (κ1) is 30.2. The molecule has 1 aromatic carbocycles. The van der Waals surface area contributed by atoms with Crippen LogP contribution >= 0.6 is 0 Å². The standard InChI is InChI=1S/C25H33F3N6O4/c1-24(2,3)38-23(37)32-19-9-12-33(21(35)14-19)10-4-5-11-34(30)16-20(29)22(36)31-15-17-7-6-8-18(13-17)25(26,27)28/h6-9,12-14,16H,4-5,10-11,15,29-30H2,1-3H3,(H,31,36)(H,32,37)/b20-16-. The Labute approximate surface area is 218 Å². The number of hydrazine groups is 1. The van der Waals surface area contributed by atoms with Crippen molar-refractivity contribution in [3.05, 3.63) is 76.0 Å². The number of hydrogen-bond donors (Lipinski definition) is 4. The highest BCUT2D eigenvalue weighted by atomic mass is 19.4. The number of nitrogens with one attached hydrogen (secondary N) is 2. The van der Waals surface area contributed by atoms with Gasteiger partial charge in [-0.15, -0.1) is 0 Å². The van der Waals surface area contributed by atoms with Gasteiger partial charge in [0.1, 0.15) is 11.3 Å². The average Bonchev–Trinajstić information content (AvgIpc) is 2.79. The lowest BCUT2D eigenvalue weighted by Crippen LogP contribution is -2.33. The minimum absolute atomic E-state index is 0.136. The van der Waals surface area contributed by atoms with E-state index in [1.54, 1.807) is 33.0 Å². The topological polar surface area (TPSA) is 145 Å². The molecular weight excluding hydrogens is 505 g/mol. The van der Waals surface area contributed by atoms with Crippen molar-refractivity contribution in [3.63, 3.8) is 0 Å². The molecule has 0 fully saturated rings. The van der Waals surface area contributed by atoms with E-state index in [9.17, 15) is 27.6 Å². The van der Waals surface area contributed by atoms with E-state index >= 15 is 0 Å². The van der Waals surface area contributed by atoms with Crippen molar-refractivity contribution < 1.29 is 27.5 Å².